The van der Waals surface area contributed by atoms with Gasteiger partial charge >= 0.3 is 0 Å². The Morgan fingerprint density at radius 3 is 2.95 bits per heavy atom. The van der Waals surface area contributed by atoms with Gasteiger partial charge in [-0.2, -0.15) is 0 Å². The Balaban J connectivity index is 1.42. The van der Waals surface area contributed by atoms with Gasteiger partial charge in [0.05, 0.1) is 16.7 Å². The first-order valence-electron chi connectivity index (χ1n) is 7.56. The highest BCUT2D eigenvalue weighted by atomic mass is 32.1. The van der Waals surface area contributed by atoms with Crippen molar-refractivity contribution in [1.29, 1.82) is 0 Å². The van der Waals surface area contributed by atoms with Crippen LogP contribution in [0.1, 0.15) is 54.8 Å². The molecule has 2 fully saturated rings. The Bertz CT molecular complexity index is 412. The average Bonchev–Trinajstić information content (AvgIpc) is 2.99. The zero-order chi connectivity index (χ0) is 13.1. The van der Waals surface area contributed by atoms with Crippen LogP contribution in [0.3, 0.4) is 0 Å². The smallest absolute Gasteiger partial charge is 0.0897 e. The lowest BCUT2D eigenvalue weighted by Gasteiger charge is -2.33. The third-order valence-corrected chi connectivity index (χ3v) is 5.36. The lowest BCUT2D eigenvalue weighted by molar-refractivity contribution is -0.0624. The molecule has 1 aromatic heterocycles. The summed E-state index contributed by atoms with van der Waals surface area (Å²) in [7, 11) is 0. The number of nitrogens with one attached hydrogen (secondary N) is 1. The van der Waals surface area contributed by atoms with Crippen LogP contribution in [0, 0.1) is 6.92 Å². The van der Waals surface area contributed by atoms with Crippen molar-refractivity contribution < 1.29 is 4.74 Å². The molecule has 1 aromatic rings. The van der Waals surface area contributed by atoms with Gasteiger partial charge in [0.25, 0.3) is 0 Å². The molecule has 0 amide bonds. The zero-order valence-corrected chi connectivity index (χ0v) is 12.6. The van der Waals surface area contributed by atoms with Crippen molar-refractivity contribution in [3.8, 4) is 0 Å². The maximum atomic E-state index is 6.36. The summed E-state index contributed by atoms with van der Waals surface area (Å²) in [6, 6.07) is 0. The van der Waals surface area contributed by atoms with E-state index in [4.69, 9.17) is 4.74 Å². The second-order valence-corrected chi connectivity index (χ2v) is 7.32. The molecular formula is C15H24N2OS. The van der Waals surface area contributed by atoms with Crippen LogP contribution in [-0.2, 0) is 11.3 Å². The van der Waals surface area contributed by atoms with Crippen LogP contribution in [0.25, 0.3) is 0 Å². The maximum Gasteiger partial charge on any atom is 0.0897 e. The number of hydrogen-bond donors (Lipinski definition) is 1. The second-order valence-electron chi connectivity index (χ2n) is 6.00. The van der Waals surface area contributed by atoms with E-state index in [0.717, 1.165) is 18.1 Å². The van der Waals surface area contributed by atoms with Crippen LogP contribution in [0.4, 0.5) is 0 Å². The first-order valence-corrected chi connectivity index (χ1v) is 8.37. The van der Waals surface area contributed by atoms with Gasteiger partial charge in [0.1, 0.15) is 0 Å². The van der Waals surface area contributed by atoms with E-state index in [-0.39, 0.29) is 5.60 Å². The Labute approximate surface area is 119 Å². The molecule has 1 atom stereocenters. The quantitative estimate of drug-likeness (QED) is 0.917. The predicted molar refractivity (Wildman–Crippen MR) is 78.5 cm³/mol. The summed E-state index contributed by atoms with van der Waals surface area (Å²) in [6.45, 7) is 3.97. The molecule has 1 aliphatic heterocycles. The molecule has 1 spiro atoms. The number of ether oxygens (including phenoxy) is 1. The first-order chi connectivity index (χ1) is 9.26. The molecule has 0 aromatic carbocycles. The fourth-order valence-electron chi connectivity index (χ4n) is 3.45. The highest BCUT2D eigenvalue weighted by molar-refractivity contribution is 7.11. The molecule has 0 bridgehead atoms. The fraction of sp³-hybridized carbons (Fsp3) is 0.800. The van der Waals surface area contributed by atoms with E-state index < -0.39 is 0 Å². The summed E-state index contributed by atoms with van der Waals surface area (Å²) in [4.78, 5) is 5.60. The van der Waals surface area contributed by atoms with E-state index in [1.807, 2.05) is 6.20 Å². The van der Waals surface area contributed by atoms with Crippen LogP contribution < -0.4 is 5.32 Å². The largest absolute Gasteiger partial charge is 0.370 e. The Kier molecular flexibility index (Phi) is 4.20. The fourth-order valence-corrected chi connectivity index (χ4v) is 4.21. The van der Waals surface area contributed by atoms with Crippen LogP contribution in [0.2, 0.25) is 0 Å². The number of aryl methyl sites for hydroxylation is 1. The molecular weight excluding hydrogens is 256 g/mol. The molecule has 106 valence electrons. The monoisotopic (exact) mass is 280 g/mol. The molecule has 2 heterocycles. The number of thiazole rings is 1. The van der Waals surface area contributed by atoms with Crippen LogP contribution >= 0.6 is 11.3 Å². The van der Waals surface area contributed by atoms with Crippen LogP contribution in [0.5, 0.6) is 0 Å². The first kappa shape index (κ1) is 13.5. The summed E-state index contributed by atoms with van der Waals surface area (Å²) in [5, 5.41) is 4.67. The summed E-state index contributed by atoms with van der Waals surface area (Å²) >= 11 is 1.78. The molecule has 1 saturated carbocycles. The van der Waals surface area contributed by atoms with Gasteiger partial charge in [0.2, 0.25) is 0 Å². The average molecular weight is 280 g/mol. The van der Waals surface area contributed by atoms with Gasteiger partial charge in [-0.1, -0.05) is 19.3 Å². The number of nitrogens with zero attached hydrogens (tertiary/aromatic N) is 1. The lowest BCUT2D eigenvalue weighted by atomic mass is 9.83. The van der Waals surface area contributed by atoms with Gasteiger partial charge in [0.15, 0.2) is 0 Å². The summed E-state index contributed by atoms with van der Waals surface area (Å²) in [5.74, 6) is 0. The molecule has 3 rings (SSSR count). The standard InChI is InChI=1S/C15H24N2OS/c1-12-17-11-14(19-12)10-16-9-13-5-8-15(18-13)6-3-2-4-7-15/h11,13,16H,2-10H2,1H3. The molecule has 1 saturated heterocycles. The topological polar surface area (TPSA) is 34.2 Å². The van der Waals surface area contributed by atoms with Gasteiger partial charge in [-0.05, 0) is 32.6 Å². The van der Waals surface area contributed by atoms with E-state index in [0.29, 0.717) is 6.10 Å². The molecule has 1 unspecified atom stereocenters. The Morgan fingerprint density at radius 1 is 1.37 bits per heavy atom. The van der Waals surface area contributed by atoms with E-state index in [1.54, 1.807) is 11.3 Å². The zero-order valence-electron chi connectivity index (χ0n) is 11.8. The molecule has 2 aliphatic rings. The third-order valence-electron chi connectivity index (χ3n) is 4.44. The van der Waals surface area contributed by atoms with Crippen LogP contribution in [0.15, 0.2) is 6.20 Å². The summed E-state index contributed by atoms with van der Waals surface area (Å²) in [6.07, 6.45) is 11.6. The summed E-state index contributed by atoms with van der Waals surface area (Å²) < 4.78 is 6.36. The molecule has 19 heavy (non-hydrogen) atoms. The maximum absolute atomic E-state index is 6.36. The Morgan fingerprint density at radius 2 is 2.21 bits per heavy atom. The van der Waals surface area contributed by atoms with Crippen molar-refractivity contribution in [3.63, 3.8) is 0 Å². The van der Waals surface area contributed by atoms with Gasteiger partial charge in [-0.25, -0.2) is 4.98 Å². The normalized spacial score (nSPS) is 26.1. The van der Waals surface area contributed by atoms with Gasteiger partial charge < -0.3 is 10.1 Å². The predicted octanol–water partition coefficient (Wildman–Crippen LogP) is 3.42. The molecule has 1 N–H and O–H groups in total. The van der Waals surface area contributed by atoms with E-state index in [2.05, 4.69) is 17.2 Å². The van der Waals surface area contributed by atoms with Crippen molar-refractivity contribution in [2.75, 3.05) is 6.54 Å². The van der Waals surface area contributed by atoms with Crippen molar-refractivity contribution in [3.05, 3.63) is 16.1 Å². The van der Waals surface area contributed by atoms with Crippen molar-refractivity contribution in [2.45, 2.75) is 70.1 Å². The van der Waals surface area contributed by atoms with E-state index in [9.17, 15) is 0 Å². The number of hydrogen-bond acceptors (Lipinski definition) is 4. The third kappa shape index (κ3) is 3.36. The minimum atomic E-state index is 0.256. The molecule has 0 radical (unpaired) electrons. The molecule has 4 heteroatoms. The minimum Gasteiger partial charge on any atom is -0.370 e. The van der Waals surface area contributed by atoms with E-state index >= 15 is 0 Å². The van der Waals surface area contributed by atoms with Gasteiger partial charge in [-0.15, -0.1) is 11.3 Å². The van der Waals surface area contributed by atoms with Crippen molar-refractivity contribution in [1.82, 2.24) is 10.3 Å². The van der Waals surface area contributed by atoms with Gasteiger partial charge in [-0.3, -0.25) is 0 Å². The van der Waals surface area contributed by atoms with E-state index in [1.165, 1.54) is 49.8 Å². The number of rotatable bonds is 4. The van der Waals surface area contributed by atoms with Crippen molar-refractivity contribution in [2.24, 2.45) is 0 Å². The molecule has 1 aliphatic carbocycles. The second kappa shape index (κ2) is 5.90. The van der Waals surface area contributed by atoms with Crippen molar-refractivity contribution >= 4 is 11.3 Å². The lowest BCUT2D eigenvalue weighted by Crippen LogP contribution is -2.34. The SMILES string of the molecule is Cc1ncc(CNCC2CCC3(CCCCC3)O2)s1. The number of aromatic nitrogens is 1. The van der Waals surface area contributed by atoms with Gasteiger partial charge in [0, 0.05) is 24.2 Å². The molecule has 3 nitrogen and oxygen atoms in total. The highest BCUT2D eigenvalue weighted by Gasteiger charge is 2.40. The highest BCUT2D eigenvalue weighted by Crippen LogP contribution is 2.41. The minimum absolute atomic E-state index is 0.256. The summed E-state index contributed by atoms with van der Waals surface area (Å²) in [5.41, 5.74) is 0.256. The van der Waals surface area contributed by atoms with Crippen LogP contribution in [-0.4, -0.2) is 23.2 Å². The Hall–Kier alpha value is -0.450.